The predicted molar refractivity (Wildman–Crippen MR) is 90.2 cm³/mol. The fourth-order valence-electron chi connectivity index (χ4n) is 2.20. The quantitative estimate of drug-likeness (QED) is 0.492. The van der Waals surface area contributed by atoms with Crippen LogP contribution in [-0.4, -0.2) is 5.71 Å². The molecule has 22 heavy (non-hydrogen) atoms. The molecule has 3 rings (SSSR count). The highest BCUT2D eigenvalue weighted by Gasteiger charge is 2.06. The normalized spacial score (nSPS) is 11.2. The fourth-order valence-corrected chi connectivity index (χ4v) is 2.20. The lowest BCUT2D eigenvalue weighted by Crippen LogP contribution is -2.07. The first kappa shape index (κ1) is 14.1. The van der Waals surface area contributed by atoms with E-state index in [4.69, 9.17) is 4.84 Å². The van der Waals surface area contributed by atoms with Crippen molar-refractivity contribution in [2.75, 3.05) is 0 Å². The van der Waals surface area contributed by atoms with E-state index in [0.29, 0.717) is 0 Å². The highest BCUT2D eigenvalue weighted by Crippen LogP contribution is 2.12. The molecule has 0 saturated carbocycles. The lowest BCUT2D eigenvalue weighted by Gasteiger charge is -2.07. The van der Waals surface area contributed by atoms with E-state index in [1.807, 2.05) is 66.7 Å². The summed E-state index contributed by atoms with van der Waals surface area (Å²) in [5.41, 5.74) is 3.19. The zero-order valence-corrected chi connectivity index (χ0v) is 12.2. The van der Waals surface area contributed by atoms with Gasteiger partial charge in [-0.15, -0.1) is 0 Å². The summed E-state index contributed by atoms with van der Waals surface area (Å²) < 4.78 is 0. The average molecular weight is 287 g/mol. The van der Waals surface area contributed by atoms with E-state index in [2.05, 4.69) is 29.4 Å². The van der Waals surface area contributed by atoms with Crippen LogP contribution in [0.2, 0.25) is 0 Å². The van der Waals surface area contributed by atoms with E-state index in [-0.39, 0.29) is 0 Å². The maximum absolute atomic E-state index is 5.58. The summed E-state index contributed by atoms with van der Waals surface area (Å²) >= 11 is 0. The summed E-state index contributed by atoms with van der Waals surface area (Å²) in [5, 5.41) is 4.38. The predicted octanol–water partition coefficient (Wildman–Crippen LogP) is 4.71. The van der Waals surface area contributed by atoms with Gasteiger partial charge in [-0.3, -0.25) is 0 Å². The molecule has 2 heteroatoms. The Bertz CT molecular complexity index is 721. The fraction of sp³-hybridized carbons (Fsp3) is 0.0500. The molecule has 0 heterocycles. The van der Waals surface area contributed by atoms with Gasteiger partial charge in [-0.05, 0) is 23.3 Å². The van der Waals surface area contributed by atoms with E-state index >= 15 is 0 Å². The number of oxime groups is 1. The smallest absolute Gasteiger partial charge is 0.157 e. The molecule has 0 unspecified atom stereocenters. The second-order valence-electron chi connectivity index (χ2n) is 4.97. The van der Waals surface area contributed by atoms with Crippen molar-refractivity contribution < 1.29 is 4.84 Å². The molecule has 0 amide bonds. The Morgan fingerprint density at radius 1 is 0.682 bits per heavy atom. The molecule has 108 valence electrons. The molecule has 0 fully saturated rings. The van der Waals surface area contributed by atoms with Crippen LogP contribution in [0.5, 0.6) is 5.75 Å². The molecule has 0 saturated heterocycles. The minimum absolute atomic E-state index is 0.734. The first-order valence-corrected chi connectivity index (χ1v) is 7.30. The average Bonchev–Trinajstić information content (AvgIpc) is 2.61. The molecule has 0 aliphatic carbocycles. The first-order valence-electron chi connectivity index (χ1n) is 7.30. The third kappa shape index (κ3) is 3.83. The maximum atomic E-state index is 5.58. The minimum atomic E-state index is 0.734. The monoisotopic (exact) mass is 287 g/mol. The Kier molecular flexibility index (Phi) is 4.63. The number of hydrogen-bond donors (Lipinski definition) is 0. The van der Waals surface area contributed by atoms with Crippen LogP contribution in [0.15, 0.2) is 96.2 Å². The number of benzene rings is 3. The standard InChI is InChI=1S/C20H17NO/c1-4-10-17(11-5-1)16-20(18-12-6-2-7-13-18)21-22-19-14-8-3-9-15-19/h1-15H,16H2/b21-20-. The van der Waals surface area contributed by atoms with Crippen molar-refractivity contribution in [3.63, 3.8) is 0 Å². The molecule has 2 nitrogen and oxygen atoms in total. The Labute approximate surface area is 130 Å². The Morgan fingerprint density at radius 2 is 1.23 bits per heavy atom. The van der Waals surface area contributed by atoms with E-state index in [9.17, 15) is 0 Å². The molecular weight excluding hydrogens is 270 g/mol. The second kappa shape index (κ2) is 7.23. The van der Waals surface area contributed by atoms with E-state index < -0.39 is 0 Å². The summed E-state index contributed by atoms with van der Waals surface area (Å²) in [7, 11) is 0. The third-order valence-electron chi connectivity index (χ3n) is 3.33. The van der Waals surface area contributed by atoms with E-state index in [0.717, 1.165) is 23.4 Å². The summed E-state index contributed by atoms with van der Waals surface area (Å²) in [6.07, 6.45) is 0.734. The van der Waals surface area contributed by atoms with Gasteiger partial charge in [0.05, 0.1) is 5.71 Å². The molecule has 0 aromatic heterocycles. The topological polar surface area (TPSA) is 21.6 Å². The minimum Gasteiger partial charge on any atom is -0.357 e. The summed E-state index contributed by atoms with van der Waals surface area (Å²) in [6.45, 7) is 0. The number of nitrogens with zero attached hydrogens (tertiary/aromatic N) is 1. The largest absolute Gasteiger partial charge is 0.357 e. The lowest BCUT2D eigenvalue weighted by atomic mass is 10.0. The van der Waals surface area contributed by atoms with Crippen molar-refractivity contribution in [1.82, 2.24) is 0 Å². The van der Waals surface area contributed by atoms with Crippen LogP contribution in [0.4, 0.5) is 0 Å². The Balaban J connectivity index is 1.86. The van der Waals surface area contributed by atoms with Gasteiger partial charge in [0.2, 0.25) is 0 Å². The van der Waals surface area contributed by atoms with Gasteiger partial charge >= 0.3 is 0 Å². The van der Waals surface area contributed by atoms with Crippen LogP contribution in [0.1, 0.15) is 11.1 Å². The number of hydrogen-bond acceptors (Lipinski definition) is 2. The molecule has 0 spiro atoms. The van der Waals surface area contributed by atoms with Gasteiger partial charge in [-0.1, -0.05) is 84.0 Å². The van der Waals surface area contributed by atoms with Gasteiger partial charge in [0.15, 0.2) is 5.75 Å². The van der Waals surface area contributed by atoms with Crippen LogP contribution in [0.3, 0.4) is 0 Å². The molecule has 0 bridgehead atoms. The maximum Gasteiger partial charge on any atom is 0.157 e. The van der Waals surface area contributed by atoms with Crippen molar-refractivity contribution in [3.05, 3.63) is 102 Å². The summed E-state index contributed by atoms with van der Waals surface area (Å²) in [4.78, 5) is 5.58. The van der Waals surface area contributed by atoms with Crippen LogP contribution >= 0.6 is 0 Å². The van der Waals surface area contributed by atoms with Crippen molar-refractivity contribution >= 4 is 5.71 Å². The number of para-hydroxylation sites is 1. The molecule has 3 aromatic carbocycles. The molecular formula is C20H17NO. The highest BCUT2D eigenvalue weighted by molar-refractivity contribution is 6.01. The van der Waals surface area contributed by atoms with Crippen molar-refractivity contribution in [2.24, 2.45) is 5.16 Å². The third-order valence-corrected chi connectivity index (χ3v) is 3.33. The van der Waals surface area contributed by atoms with Gasteiger partial charge in [-0.2, -0.15) is 0 Å². The van der Waals surface area contributed by atoms with Crippen molar-refractivity contribution in [1.29, 1.82) is 0 Å². The van der Waals surface area contributed by atoms with E-state index in [1.165, 1.54) is 5.56 Å². The highest BCUT2D eigenvalue weighted by atomic mass is 16.6. The second-order valence-corrected chi connectivity index (χ2v) is 4.97. The molecule has 0 N–H and O–H groups in total. The lowest BCUT2D eigenvalue weighted by molar-refractivity contribution is 0.340. The van der Waals surface area contributed by atoms with Gasteiger partial charge in [0.1, 0.15) is 0 Å². The van der Waals surface area contributed by atoms with Crippen molar-refractivity contribution in [2.45, 2.75) is 6.42 Å². The van der Waals surface area contributed by atoms with Crippen LogP contribution < -0.4 is 4.84 Å². The Morgan fingerprint density at radius 3 is 1.86 bits per heavy atom. The summed E-state index contributed by atoms with van der Waals surface area (Å²) in [5.74, 6) is 0.740. The van der Waals surface area contributed by atoms with Crippen LogP contribution in [0.25, 0.3) is 0 Å². The number of rotatable bonds is 5. The van der Waals surface area contributed by atoms with Gasteiger partial charge < -0.3 is 4.84 Å². The molecule has 0 radical (unpaired) electrons. The SMILES string of the molecule is c1ccc(C/C(=N/Oc2ccccc2)c2ccccc2)cc1. The molecule has 3 aromatic rings. The van der Waals surface area contributed by atoms with Crippen molar-refractivity contribution in [3.8, 4) is 5.75 Å². The van der Waals surface area contributed by atoms with Crippen LogP contribution in [-0.2, 0) is 6.42 Å². The zero-order valence-electron chi connectivity index (χ0n) is 12.2. The molecule has 0 aliphatic rings. The Hall–Kier alpha value is -2.87. The molecule has 0 aliphatic heterocycles. The summed E-state index contributed by atoms with van der Waals surface area (Å²) in [6, 6.07) is 30.0. The van der Waals surface area contributed by atoms with Gasteiger partial charge in [-0.25, -0.2) is 0 Å². The van der Waals surface area contributed by atoms with E-state index in [1.54, 1.807) is 0 Å². The van der Waals surface area contributed by atoms with Gasteiger partial charge in [0, 0.05) is 6.42 Å². The first-order chi connectivity index (χ1) is 10.9. The zero-order chi connectivity index (χ0) is 15.0. The molecule has 0 atom stereocenters. The van der Waals surface area contributed by atoms with Crippen LogP contribution in [0, 0.1) is 0 Å². The van der Waals surface area contributed by atoms with Gasteiger partial charge in [0.25, 0.3) is 0 Å².